The summed E-state index contributed by atoms with van der Waals surface area (Å²) in [5.74, 6) is 0. The largest absolute Gasteiger partial charge is 0.367 e. The molecular weight excluding hydrogens is 161 g/mol. The number of hydrogen-bond donors (Lipinski definition) is 4. The van der Waals surface area contributed by atoms with Crippen molar-refractivity contribution in [3.05, 3.63) is 0 Å². The van der Waals surface area contributed by atoms with Crippen molar-refractivity contribution in [3.63, 3.8) is 0 Å². The normalized spacial score (nSPS) is 11.9. The quantitative estimate of drug-likeness (QED) is 0.243. The number of ether oxygens (including phenoxy) is 1. The molecule has 62 valence electrons. The van der Waals surface area contributed by atoms with Crippen LogP contribution < -0.4 is 5.48 Å². The summed E-state index contributed by atoms with van der Waals surface area (Å²) in [6, 6.07) is 0. The van der Waals surface area contributed by atoms with Crippen molar-refractivity contribution >= 4 is 7.60 Å². The number of hydrogen-bond acceptors (Lipinski definition) is 4. The predicted octanol–water partition coefficient (Wildman–Crippen LogP) is -0.883. The molecule has 0 saturated heterocycles. The molecule has 7 heteroatoms. The Balaban J connectivity index is 3.13. The van der Waals surface area contributed by atoms with E-state index in [1.165, 1.54) is 0 Å². The second-order valence-electron chi connectivity index (χ2n) is 1.61. The van der Waals surface area contributed by atoms with Crippen LogP contribution in [0.25, 0.3) is 0 Å². The molecule has 0 unspecified atom stereocenters. The van der Waals surface area contributed by atoms with Gasteiger partial charge in [0.2, 0.25) is 0 Å². The molecule has 0 aromatic carbocycles. The van der Waals surface area contributed by atoms with Gasteiger partial charge < -0.3 is 19.7 Å². The zero-order valence-electron chi connectivity index (χ0n) is 5.23. The molecule has 0 aliphatic carbocycles. The molecule has 0 saturated carbocycles. The highest BCUT2D eigenvalue weighted by Crippen LogP contribution is 2.33. The maximum atomic E-state index is 10.1. The van der Waals surface area contributed by atoms with Gasteiger partial charge in [-0.15, -0.1) is 0 Å². The van der Waals surface area contributed by atoms with Crippen molar-refractivity contribution in [2.45, 2.75) is 0 Å². The van der Waals surface area contributed by atoms with Crippen molar-refractivity contribution in [1.29, 1.82) is 0 Å². The summed E-state index contributed by atoms with van der Waals surface area (Å²) >= 11 is 0. The van der Waals surface area contributed by atoms with Gasteiger partial charge >= 0.3 is 7.60 Å². The minimum atomic E-state index is -4.04. The van der Waals surface area contributed by atoms with Crippen LogP contribution in [0.15, 0.2) is 0 Å². The van der Waals surface area contributed by atoms with Gasteiger partial charge in [0.25, 0.3) is 0 Å². The van der Waals surface area contributed by atoms with E-state index in [-0.39, 0.29) is 13.2 Å². The number of hydroxylamine groups is 1. The van der Waals surface area contributed by atoms with E-state index < -0.39 is 13.9 Å². The fourth-order valence-corrected chi connectivity index (χ4v) is 0.668. The van der Waals surface area contributed by atoms with Gasteiger partial charge in [-0.05, 0) is 0 Å². The van der Waals surface area contributed by atoms with Crippen LogP contribution in [0.5, 0.6) is 0 Å². The zero-order valence-corrected chi connectivity index (χ0v) is 6.12. The summed E-state index contributed by atoms with van der Waals surface area (Å²) in [6.07, 6.45) is -0.602. The van der Waals surface area contributed by atoms with Gasteiger partial charge in [-0.2, -0.15) is 0 Å². The lowest BCUT2D eigenvalue weighted by molar-refractivity contribution is 0.104. The highest BCUT2D eigenvalue weighted by Gasteiger charge is 2.11. The Kier molecular flexibility index (Phi) is 4.80. The highest BCUT2D eigenvalue weighted by atomic mass is 31.2. The molecular formula is C3H10NO5P. The minimum Gasteiger partial charge on any atom is -0.367 e. The summed E-state index contributed by atoms with van der Waals surface area (Å²) in [5, 5.41) is 7.97. The fraction of sp³-hybridized carbons (Fsp3) is 1.00. The number of rotatable bonds is 5. The molecule has 0 aromatic heterocycles. The highest BCUT2D eigenvalue weighted by molar-refractivity contribution is 7.51. The van der Waals surface area contributed by atoms with Crippen LogP contribution >= 0.6 is 7.60 Å². The van der Waals surface area contributed by atoms with Crippen molar-refractivity contribution in [1.82, 2.24) is 5.48 Å². The van der Waals surface area contributed by atoms with Crippen LogP contribution in [0.2, 0.25) is 0 Å². The first-order valence-electron chi connectivity index (χ1n) is 2.55. The molecule has 0 aromatic rings. The smallest absolute Gasteiger partial charge is 0.350 e. The molecule has 0 atom stereocenters. The van der Waals surface area contributed by atoms with Crippen molar-refractivity contribution < 1.29 is 24.3 Å². The van der Waals surface area contributed by atoms with Crippen LogP contribution in [0.4, 0.5) is 0 Å². The van der Waals surface area contributed by atoms with Crippen LogP contribution in [0.1, 0.15) is 0 Å². The molecule has 0 rings (SSSR count). The summed E-state index contributed by atoms with van der Waals surface area (Å²) in [5.41, 5.74) is 1.78. The van der Waals surface area contributed by atoms with Crippen LogP contribution in [0.3, 0.4) is 0 Å². The lowest BCUT2D eigenvalue weighted by Crippen LogP contribution is -2.15. The third-order valence-corrected chi connectivity index (χ3v) is 1.14. The minimum absolute atomic E-state index is 0.0710. The van der Waals surface area contributed by atoms with Gasteiger partial charge in [-0.1, -0.05) is 0 Å². The van der Waals surface area contributed by atoms with Gasteiger partial charge in [0, 0.05) is 6.54 Å². The maximum Gasteiger partial charge on any atom is 0.350 e. The Hall–Kier alpha value is 0.0300. The van der Waals surface area contributed by atoms with E-state index in [0.29, 0.717) is 0 Å². The number of nitrogens with one attached hydrogen (secondary N) is 1. The van der Waals surface area contributed by atoms with E-state index >= 15 is 0 Å². The lowest BCUT2D eigenvalue weighted by atomic mass is 10.7. The lowest BCUT2D eigenvalue weighted by Gasteiger charge is -2.03. The predicted molar refractivity (Wildman–Crippen MR) is 32.7 cm³/mol. The van der Waals surface area contributed by atoms with Crippen LogP contribution in [-0.4, -0.2) is 34.5 Å². The topological polar surface area (TPSA) is 99.0 Å². The first kappa shape index (κ1) is 10.0. The van der Waals surface area contributed by atoms with Gasteiger partial charge in [0.15, 0.2) is 0 Å². The molecule has 0 radical (unpaired) electrons. The summed E-state index contributed by atoms with van der Waals surface area (Å²) < 4.78 is 14.5. The second-order valence-corrected chi connectivity index (χ2v) is 3.20. The zero-order chi connectivity index (χ0) is 8.04. The third kappa shape index (κ3) is 8.03. The SMILES string of the molecule is O=P(O)(O)COCCNO. The summed E-state index contributed by atoms with van der Waals surface area (Å²) in [6.45, 7) is 0.224. The van der Waals surface area contributed by atoms with Crippen molar-refractivity contribution in [3.8, 4) is 0 Å². The third-order valence-electron chi connectivity index (χ3n) is 0.618. The van der Waals surface area contributed by atoms with Crippen LogP contribution in [0, 0.1) is 0 Å². The molecule has 10 heavy (non-hydrogen) atoms. The average Bonchev–Trinajstić information content (AvgIpc) is 1.78. The van der Waals surface area contributed by atoms with Gasteiger partial charge in [-0.3, -0.25) is 4.57 Å². The van der Waals surface area contributed by atoms with E-state index in [0.717, 1.165) is 0 Å². The van der Waals surface area contributed by atoms with E-state index in [2.05, 4.69) is 4.74 Å². The molecule has 4 N–H and O–H groups in total. The molecule has 6 nitrogen and oxygen atoms in total. The Labute approximate surface area is 57.9 Å². The summed E-state index contributed by atoms with van der Waals surface area (Å²) in [7, 11) is -4.04. The van der Waals surface area contributed by atoms with Gasteiger partial charge in [-0.25, -0.2) is 5.48 Å². The molecule has 0 fully saturated rings. The van der Waals surface area contributed by atoms with Crippen LogP contribution in [-0.2, 0) is 9.30 Å². The van der Waals surface area contributed by atoms with Gasteiger partial charge in [0.1, 0.15) is 6.35 Å². The standard InChI is InChI=1S/C3H10NO5P/c5-4-1-2-9-3-10(6,7)8/h4-5H,1-3H2,(H2,6,7,8). The van der Waals surface area contributed by atoms with E-state index in [4.69, 9.17) is 15.0 Å². The average molecular weight is 171 g/mol. The molecule has 0 aliphatic heterocycles. The van der Waals surface area contributed by atoms with E-state index in [1.807, 2.05) is 0 Å². The molecule has 0 amide bonds. The maximum absolute atomic E-state index is 10.1. The summed E-state index contributed by atoms with van der Waals surface area (Å²) in [4.78, 5) is 16.4. The van der Waals surface area contributed by atoms with E-state index in [9.17, 15) is 4.57 Å². The Morgan fingerprint density at radius 1 is 1.50 bits per heavy atom. The molecule has 0 spiro atoms. The molecule has 0 aliphatic rings. The Morgan fingerprint density at radius 2 is 2.10 bits per heavy atom. The molecule has 0 heterocycles. The fourth-order valence-electron chi connectivity index (χ4n) is 0.301. The van der Waals surface area contributed by atoms with Crippen molar-refractivity contribution in [2.24, 2.45) is 0 Å². The second kappa shape index (κ2) is 4.79. The Morgan fingerprint density at radius 3 is 2.50 bits per heavy atom. The monoisotopic (exact) mass is 171 g/mol. The first-order valence-corrected chi connectivity index (χ1v) is 4.35. The van der Waals surface area contributed by atoms with Gasteiger partial charge in [0.05, 0.1) is 6.61 Å². The Bertz CT molecular complexity index is 122. The van der Waals surface area contributed by atoms with Crippen molar-refractivity contribution in [2.75, 3.05) is 19.5 Å². The molecule has 0 bridgehead atoms. The first-order chi connectivity index (χ1) is 4.56. The van der Waals surface area contributed by atoms with E-state index in [1.54, 1.807) is 5.48 Å².